The van der Waals surface area contributed by atoms with Gasteiger partial charge < -0.3 is 10.0 Å². The number of carbonyl (C=O) groups excluding carboxylic acids is 1. The Balaban J connectivity index is 3.12. The van der Waals surface area contributed by atoms with Gasteiger partial charge in [0.2, 0.25) is 5.91 Å². The summed E-state index contributed by atoms with van der Waals surface area (Å²) in [5.41, 5.74) is -1.56. The van der Waals surface area contributed by atoms with Gasteiger partial charge >= 0.3 is 0 Å². The third-order valence-corrected chi connectivity index (χ3v) is 3.74. The number of aliphatic hydroxyl groups excluding tert-OH is 1. The third kappa shape index (κ3) is 2.19. The Bertz CT molecular complexity index is 287. The molecule has 0 aromatic rings. The SMILES string of the molecule is CCC1(CC)C(=O)N(CCO)CC(C)(C)N1[O]. The van der Waals surface area contributed by atoms with Crippen molar-refractivity contribution in [2.45, 2.75) is 51.6 Å². The number of hydrogen-bond donors (Lipinski definition) is 1. The number of amides is 1. The van der Waals surface area contributed by atoms with Crippen LogP contribution in [0.25, 0.3) is 0 Å². The van der Waals surface area contributed by atoms with Crippen LogP contribution >= 0.6 is 0 Å². The zero-order chi connectivity index (χ0) is 13.3. The van der Waals surface area contributed by atoms with Crippen molar-refractivity contribution in [1.29, 1.82) is 0 Å². The number of aliphatic hydroxyl groups is 1. The second-order valence-electron chi connectivity index (χ2n) is 5.30. The van der Waals surface area contributed by atoms with Gasteiger partial charge in [0, 0.05) is 13.1 Å². The van der Waals surface area contributed by atoms with Gasteiger partial charge in [0.15, 0.2) is 0 Å². The molecular formula is C12H23N2O3. The van der Waals surface area contributed by atoms with Gasteiger partial charge in [-0.3, -0.25) is 4.79 Å². The van der Waals surface area contributed by atoms with E-state index in [0.29, 0.717) is 25.9 Å². The Morgan fingerprint density at radius 1 is 1.29 bits per heavy atom. The predicted molar refractivity (Wildman–Crippen MR) is 63.6 cm³/mol. The molecule has 0 atom stereocenters. The van der Waals surface area contributed by atoms with Gasteiger partial charge in [-0.05, 0) is 26.7 Å². The smallest absolute Gasteiger partial charge is 0.245 e. The van der Waals surface area contributed by atoms with Crippen LogP contribution in [0.3, 0.4) is 0 Å². The molecule has 0 spiro atoms. The van der Waals surface area contributed by atoms with Crippen molar-refractivity contribution in [3.05, 3.63) is 0 Å². The Kier molecular flexibility index (Phi) is 4.17. The van der Waals surface area contributed by atoms with Crippen molar-refractivity contribution < 1.29 is 15.1 Å². The molecule has 0 unspecified atom stereocenters. The Morgan fingerprint density at radius 3 is 2.24 bits per heavy atom. The number of piperazine rings is 1. The third-order valence-electron chi connectivity index (χ3n) is 3.74. The maximum absolute atomic E-state index is 12.4. The fourth-order valence-corrected chi connectivity index (χ4v) is 2.70. The lowest BCUT2D eigenvalue weighted by Crippen LogP contribution is -2.71. The molecule has 0 aliphatic carbocycles. The maximum atomic E-state index is 12.4. The molecule has 5 heteroatoms. The highest BCUT2D eigenvalue weighted by atomic mass is 16.5. The van der Waals surface area contributed by atoms with Gasteiger partial charge in [-0.15, -0.1) is 10.3 Å². The van der Waals surface area contributed by atoms with E-state index >= 15 is 0 Å². The predicted octanol–water partition coefficient (Wildman–Crippen LogP) is 0.806. The van der Waals surface area contributed by atoms with Crippen LogP contribution in [0.5, 0.6) is 0 Å². The van der Waals surface area contributed by atoms with Crippen molar-refractivity contribution in [2.24, 2.45) is 0 Å². The van der Waals surface area contributed by atoms with Crippen LogP contribution in [0.1, 0.15) is 40.5 Å². The second kappa shape index (κ2) is 4.92. The van der Waals surface area contributed by atoms with Crippen molar-refractivity contribution in [1.82, 2.24) is 9.96 Å². The first kappa shape index (κ1) is 14.4. The molecular weight excluding hydrogens is 220 g/mol. The summed E-state index contributed by atoms with van der Waals surface area (Å²) in [6.07, 6.45) is 0.994. The number of hydrogen-bond acceptors (Lipinski definition) is 3. The van der Waals surface area contributed by atoms with Crippen molar-refractivity contribution in [2.75, 3.05) is 19.7 Å². The normalized spacial score (nSPS) is 24.1. The molecule has 0 bridgehead atoms. The summed E-state index contributed by atoms with van der Waals surface area (Å²) in [5.74, 6) is -0.147. The van der Waals surface area contributed by atoms with Gasteiger partial charge in [0.1, 0.15) is 5.54 Å². The summed E-state index contributed by atoms with van der Waals surface area (Å²) in [6, 6.07) is 0. The quantitative estimate of drug-likeness (QED) is 0.794. The van der Waals surface area contributed by atoms with Gasteiger partial charge in [-0.2, -0.15) is 0 Å². The number of carbonyl (C=O) groups is 1. The first-order valence-electron chi connectivity index (χ1n) is 6.23. The molecule has 5 nitrogen and oxygen atoms in total. The fourth-order valence-electron chi connectivity index (χ4n) is 2.70. The molecule has 1 radical (unpaired) electrons. The number of hydroxylamine groups is 2. The van der Waals surface area contributed by atoms with Gasteiger partial charge in [0.05, 0.1) is 12.1 Å². The van der Waals surface area contributed by atoms with Crippen LogP contribution in [-0.2, 0) is 10.0 Å². The summed E-state index contributed by atoms with van der Waals surface area (Å²) >= 11 is 0. The summed E-state index contributed by atoms with van der Waals surface area (Å²) in [6.45, 7) is 8.03. The van der Waals surface area contributed by atoms with E-state index in [9.17, 15) is 10.0 Å². The van der Waals surface area contributed by atoms with Gasteiger partial charge in [0.25, 0.3) is 0 Å². The van der Waals surface area contributed by atoms with E-state index in [2.05, 4.69) is 0 Å². The average Bonchev–Trinajstić information content (AvgIpc) is 2.28. The largest absolute Gasteiger partial charge is 0.395 e. The zero-order valence-electron chi connectivity index (χ0n) is 11.2. The van der Waals surface area contributed by atoms with Gasteiger partial charge in [-0.1, -0.05) is 13.8 Å². The van der Waals surface area contributed by atoms with E-state index in [1.54, 1.807) is 4.90 Å². The summed E-state index contributed by atoms with van der Waals surface area (Å²) in [4.78, 5) is 14.0. The average molecular weight is 243 g/mol. The van der Waals surface area contributed by atoms with Gasteiger partial charge in [-0.25, -0.2) is 0 Å². The molecule has 0 aromatic heterocycles. The number of β-amino-alcohol motifs (C(OH)–C–C–N with tert-alkyl or cyclic N) is 1. The van der Waals surface area contributed by atoms with Crippen LogP contribution in [0.4, 0.5) is 0 Å². The number of nitrogens with zero attached hydrogens (tertiary/aromatic N) is 2. The zero-order valence-corrected chi connectivity index (χ0v) is 11.2. The van der Waals surface area contributed by atoms with E-state index in [1.165, 1.54) is 0 Å². The van der Waals surface area contributed by atoms with Crippen molar-refractivity contribution in [3.8, 4) is 0 Å². The van der Waals surface area contributed by atoms with Crippen LogP contribution in [-0.4, -0.2) is 51.8 Å². The lowest BCUT2D eigenvalue weighted by atomic mass is 9.83. The standard InChI is InChI=1S/C12H23N2O3/c1-5-12(6-2)10(16)13(7-8-15)9-11(3,4)14(12)17/h15H,5-9H2,1-4H3. The fraction of sp³-hybridized carbons (Fsp3) is 0.917. The first-order valence-corrected chi connectivity index (χ1v) is 6.23. The number of rotatable bonds is 4. The monoisotopic (exact) mass is 243 g/mol. The van der Waals surface area contributed by atoms with Crippen LogP contribution in [0.2, 0.25) is 0 Å². The second-order valence-corrected chi connectivity index (χ2v) is 5.30. The molecule has 1 fully saturated rings. The minimum Gasteiger partial charge on any atom is -0.395 e. The van der Waals surface area contributed by atoms with Crippen molar-refractivity contribution >= 4 is 5.91 Å². The minimum absolute atomic E-state index is 0.0653. The molecule has 0 aromatic carbocycles. The van der Waals surface area contributed by atoms with Crippen LogP contribution in [0, 0.1) is 0 Å². The van der Waals surface area contributed by atoms with E-state index in [0.717, 1.165) is 5.06 Å². The highest BCUT2D eigenvalue weighted by Crippen LogP contribution is 2.36. The topological polar surface area (TPSA) is 63.7 Å². The lowest BCUT2D eigenvalue weighted by molar-refractivity contribution is -0.294. The molecule has 99 valence electrons. The van der Waals surface area contributed by atoms with Crippen molar-refractivity contribution in [3.63, 3.8) is 0 Å². The minimum atomic E-state index is -0.961. The maximum Gasteiger partial charge on any atom is 0.245 e. The lowest BCUT2D eigenvalue weighted by Gasteiger charge is -2.52. The molecule has 0 saturated carbocycles. The highest BCUT2D eigenvalue weighted by Gasteiger charge is 2.54. The Hall–Kier alpha value is -0.650. The van der Waals surface area contributed by atoms with E-state index in [1.807, 2.05) is 27.7 Å². The van der Waals surface area contributed by atoms with Crippen LogP contribution in [0.15, 0.2) is 0 Å². The molecule has 1 amide bonds. The molecule has 1 saturated heterocycles. The molecule has 17 heavy (non-hydrogen) atoms. The Morgan fingerprint density at radius 2 is 1.82 bits per heavy atom. The molecule has 1 heterocycles. The summed E-state index contributed by atoms with van der Waals surface area (Å²) < 4.78 is 0. The molecule has 1 aliphatic heterocycles. The van der Waals surface area contributed by atoms with E-state index < -0.39 is 11.1 Å². The Labute approximate surface area is 103 Å². The first-order chi connectivity index (χ1) is 7.85. The van der Waals surface area contributed by atoms with Crippen LogP contribution < -0.4 is 0 Å². The highest BCUT2D eigenvalue weighted by molar-refractivity contribution is 5.87. The summed E-state index contributed by atoms with van der Waals surface area (Å²) in [5, 5.41) is 22.4. The molecule has 1 rings (SSSR count). The molecule has 1 aliphatic rings. The van der Waals surface area contributed by atoms with E-state index in [4.69, 9.17) is 5.11 Å². The molecule has 1 N–H and O–H groups in total. The summed E-state index contributed by atoms with van der Waals surface area (Å²) in [7, 11) is 0. The van der Waals surface area contributed by atoms with E-state index in [-0.39, 0.29) is 12.5 Å².